The van der Waals surface area contributed by atoms with Crippen LogP contribution in [-0.4, -0.2) is 78.7 Å². The second-order valence-corrected chi connectivity index (χ2v) is 9.66. The number of hydrogen-bond acceptors (Lipinski definition) is 7. The van der Waals surface area contributed by atoms with Gasteiger partial charge in [-0.2, -0.15) is 0 Å². The van der Waals surface area contributed by atoms with E-state index in [1.54, 1.807) is 47.4 Å². The van der Waals surface area contributed by atoms with Crippen LogP contribution in [0.1, 0.15) is 37.4 Å². The Kier molecular flexibility index (Phi) is 9.20. The van der Waals surface area contributed by atoms with Crippen LogP contribution in [0.2, 0.25) is 0 Å². The fraction of sp³-hybridized carbons (Fsp3) is 0.400. The van der Waals surface area contributed by atoms with Crippen molar-refractivity contribution in [1.82, 2.24) is 9.80 Å². The van der Waals surface area contributed by atoms with E-state index in [-0.39, 0.29) is 17.4 Å². The molecule has 1 N–H and O–H groups in total. The smallest absolute Gasteiger partial charge is 0.295 e. The summed E-state index contributed by atoms with van der Waals surface area (Å²) in [5.41, 5.74) is 1.25. The number of rotatable bonds is 11. The van der Waals surface area contributed by atoms with Gasteiger partial charge in [0.2, 0.25) is 0 Å². The van der Waals surface area contributed by atoms with Gasteiger partial charge >= 0.3 is 0 Å². The largest absolute Gasteiger partial charge is 0.507 e. The normalized spacial score (nSPS) is 19.7. The SMILES string of the molecule is C=CCOc1ccc(C2C(=C(O)c3ccc(OC(C)C)cc3)C(=O)C(=O)N2CCCN2CCOCC2)cc1. The van der Waals surface area contributed by atoms with Crippen molar-refractivity contribution in [2.45, 2.75) is 32.4 Å². The lowest BCUT2D eigenvalue weighted by molar-refractivity contribution is -0.140. The standard InChI is InChI=1S/C30H36N2O6/c1-4-18-37-24-10-6-22(7-11-24)27-26(28(33)23-8-12-25(13-9-23)38-21(2)3)29(34)30(35)32(27)15-5-14-31-16-19-36-20-17-31/h4,6-13,21,27,33H,1,5,14-20H2,2-3H3. The van der Waals surface area contributed by atoms with E-state index in [2.05, 4.69) is 11.5 Å². The topological polar surface area (TPSA) is 88.5 Å². The number of carbonyl (C=O) groups is 2. The summed E-state index contributed by atoms with van der Waals surface area (Å²) in [5.74, 6) is -0.184. The van der Waals surface area contributed by atoms with Crippen LogP contribution in [0, 0.1) is 0 Å². The van der Waals surface area contributed by atoms with E-state index in [9.17, 15) is 14.7 Å². The number of nitrogens with zero attached hydrogens (tertiary/aromatic N) is 2. The van der Waals surface area contributed by atoms with Gasteiger partial charge in [0, 0.05) is 31.7 Å². The fourth-order valence-corrected chi connectivity index (χ4v) is 4.77. The Balaban J connectivity index is 1.64. The summed E-state index contributed by atoms with van der Waals surface area (Å²) in [6.07, 6.45) is 2.37. The highest BCUT2D eigenvalue weighted by Gasteiger charge is 2.45. The molecule has 1 atom stereocenters. The van der Waals surface area contributed by atoms with E-state index in [1.807, 2.05) is 26.0 Å². The van der Waals surface area contributed by atoms with E-state index in [0.29, 0.717) is 49.8 Å². The number of ether oxygens (including phenoxy) is 3. The lowest BCUT2D eigenvalue weighted by atomic mass is 9.95. The summed E-state index contributed by atoms with van der Waals surface area (Å²) in [4.78, 5) is 30.4. The zero-order chi connectivity index (χ0) is 27.1. The van der Waals surface area contributed by atoms with E-state index < -0.39 is 17.7 Å². The number of Topliss-reactive ketones (excluding diaryl/α,β-unsaturated/α-hetero) is 1. The van der Waals surface area contributed by atoms with Crippen molar-refractivity contribution in [3.8, 4) is 11.5 Å². The monoisotopic (exact) mass is 520 g/mol. The zero-order valence-electron chi connectivity index (χ0n) is 22.1. The van der Waals surface area contributed by atoms with Crippen molar-refractivity contribution < 1.29 is 28.9 Å². The van der Waals surface area contributed by atoms with Crippen LogP contribution in [0.4, 0.5) is 0 Å². The Bertz CT molecular complexity index is 1150. The predicted molar refractivity (Wildman–Crippen MR) is 145 cm³/mol. The molecule has 2 fully saturated rings. The first-order valence-corrected chi connectivity index (χ1v) is 13.1. The third-order valence-corrected chi connectivity index (χ3v) is 6.58. The summed E-state index contributed by atoms with van der Waals surface area (Å²) in [6.45, 7) is 12.2. The highest BCUT2D eigenvalue weighted by Crippen LogP contribution is 2.40. The lowest BCUT2D eigenvalue weighted by Crippen LogP contribution is -2.38. The summed E-state index contributed by atoms with van der Waals surface area (Å²) in [5, 5.41) is 11.3. The van der Waals surface area contributed by atoms with Gasteiger partial charge in [-0.3, -0.25) is 14.5 Å². The van der Waals surface area contributed by atoms with Crippen LogP contribution in [0.3, 0.4) is 0 Å². The predicted octanol–water partition coefficient (Wildman–Crippen LogP) is 4.18. The van der Waals surface area contributed by atoms with Gasteiger partial charge in [0.25, 0.3) is 11.7 Å². The molecular weight excluding hydrogens is 484 g/mol. The summed E-state index contributed by atoms with van der Waals surface area (Å²) >= 11 is 0. The first kappa shape index (κ1) is 27.4. The maximum atomic E-state index is 13.3. The van der Waals surface area contributed by atoms with Crippen LogP contribution in [0.5, 0.6) is 11.5 Å². The Hall–Kier alpha value is -3.62. The molecule has 38 heavy (non-hydrogen) atoms. The number of hydrogen-bond donors (Lipinski definition) is 1. The number of benzene rings is 2. The fourth-order valence-electron chi connectivity index (χ4n) is 4.77. The molecule has 0 spiro atoms. The number of ketones is 1. The molecule has 0 aliphatic carbocycles. The molecule has 2 aromatic carbocycles. The second-order valence-electron chi connectivity index (χ2n) is 9.66. The molecule has 0 saturated carbocycles. The number of carbonyl (C=O) groups excluding carboxylic acids is 2. The van der Waals surface area contributed by atoms with Crippen LogP contribution in [-0.2, 0) is 14.3 Å². The Morgan fingerprint density at radius 3 is 2.34 bits per heavy atom. The quantitative estimate of drug-likeness (QED) is 0.206. The third-order valence-electron chi connectivity index (χ3n) is 6.58. The minimum Gasteiger partial charge on any atom is -0.507 e. The molecule has 8 nitrogen and oxygen atoms in total. The molecule has 8 heteroatoms. The van der Waals surface area contributed by atoms with Gasteiger partial charge in [-0.25, -0.2) is 0 Å². The highest BCUT2D eigenvalue weighted by molar-refractivity contribution is 6.46. The number of aliphatic hydroxyl groups is 1. The maximum Gasteiger partial charge on any atom is 0.295 e. The molecule has 2 aromatic rings. The van der Waals surface area contributed by atoms with Gasteiger partial charge in [0.05, 0.1) is 30.9 Å². The third kappa shape index (κ3) is 6.44. The van der Waals surface area contributed by atoms with E-state index >= 15 is 0 Å². The molecule has 2 heterocycles. The van der Waals surface area contributed by atoms with Gasteiger partial charge in [-0.1, -0.05) is 24.8 Å². The second kappa shape index (κ2) is 12.8. The minimum absolute atomic E-state index is 0.00988. The Labute approximate surface area is 224 Å². The molecule has 2 aliphatic rings. The number of aliphatic hydroxyl groups excluding tert-OH is 1. The molecule has 1 amide bonds. The number of morpholine rings is 1. The average Bonchev–Trinajstić information content (AvgIpc) is 3.17. The van der Waals surface area contributed by atoms with Crippen molar-refractivity contribution in [3.05, 3.63) is 77.9 Å². The highest BCUT2D eigenvalue weighted by atomic mass is 16.5. The van der Waals surface area contributed by atoms with E-state index in [4.69, 9.17) is 14.2 Å². The van der Waals surface area contributed by atoms with Crippen molar-refractivity contribution in [3.63, 3.8) is 0 Å². The Morgan fingerprint density at radius 2 is 1.71 bits per heavy atom. The van der Waals surface area contributed by atoms with E-state index in [1.165, 1.54) is 0 Å². The summed E-state index contributed by atoms with van der Waals surface area (Å²) in [7, 11) is 0. The summed E-state index contributed by atoms with van der Waals surface area (Å²) in [6, 6.07) is 13.4. The number of amides is 1. The van der Waals surface area contributed by atoms with Gasteiger partial charge in [0.1, 0.15) is 23.9 Å². The molecule has 202 valence electrons. The molecule has 4 rings (SSSR count). The lowest BCUT2D eigenvalue weighted by Gasteiger charge is -2.29. The number of likely N-dealkylation sites (tertiary alicyclic amines) is 1. The van der Waals surface area contributed by atoms with Crippen LogP contribution < -0.4 is 9.47 Å². The molecule has 1 unspecified atom stereocenters. The van der Waals surface area contributed by atoms with Crippen molar-refractivity contribution in [2.24, 2.45) is 0 Å². The van der Waals surface area contributed by atoms with Crippen LogP contribution in [0.15, 0.2) is 66.8 Å². The Morgan fingerprint density at radius 1 is 1.05 bits per heavy atom. The molecule has 0 radical (unpaired) electrons. The first-order valence-electron chi connectivity index (χ1n) is 13.1. The molecule has 2 saturated heterocycles. The van der Waals surface area contributed by atoms with Crippen LogP contribution in [0.25, 0.3) is 5.76 Å². The molecule has 0 bridgehead atoms. The molecule has 2 aliphatic heterocycles. The van der Waals surface area contributed by atoms with Gasteiger partial charge < -0.3 is 24.2 Å². The minimum atomic E-state index is -0.709. The average molecular weight is 521 g/mol. The van der Waals surface area contributed by atoms with Gasteiger partial charge in [0.15, 0.2) is 0 Å². The van der Waals surface area contributed by atoms with E-state index in [0.717, 1.165) is 25.2 Å². The first-order chi connectivity index (χ1) is 18.4. The zero-order valence-corrected chi connectivity index (χ0v) is 22.1. The van der Waals surface area contributed by atoms with Gasteiger partial charge in [-0.05, 0) is 62.2 Å². The maximum absolute atomic E-state index is 13.3. The van der Waals surface area contributed by atoms with Crippen LogP contribution >= 0.6 is 0 Å². The van der Waals surface area contributed by atoms with Crippen molar-refractivity contribution in [2.75, 3.05) is 46.0 Å². The summed E-state index contributed by atoms with van der Waals surface area (Å²) < 4.78 is 16.7. The van der Waals surface area contributed by atoms with Crippen molar-refractivity contribution >= 4 is 17.4 Å². The van der Waals surface area contributed by atoms with Crippen molar-refractivity contribution in [1.29, 1.82) is 0 Å². The molecule has 0 aromatic heterocycles. The van der Waals surface area contributed by atoms with Gasteiger partial charge in [-0.15, -0.1) is 0 Å². The molecular formula is C30H36N2O6.